The van der Waals surface area contributed by atoms with Crippen molar-refractivity contribution in [2.75, 3.05) is 20.1 Å². The van der Waals surface area contributed by atoms with Crippen LogP contribution in [-0.2, 0) is 11.3 Å². The number of nitrogens with two attached hydrogens (primary N) is 1. The van der Waals surface area contributed by atoms with Gasteiger partial charge in [-0.2, -0.15) is 0 Å². The number of amides is 1. The van der Waals surface area contributed by atoms with Crippen LogP contribution in [0.25, 0.3) is 0 Å². The molecule has 2 heterocycles. The maximum atomic E-state index is 11.1. The number of nitrogens with one attached hydrogen (secondary N) is 1. The zero-order valence-corrected chi connectivity index (χ0v) is 13.4. The highest BCUT2D eigenvalue weighted by atomic mass is 16.1. The highest BCUT2D eigenvalue weighted by Gasteiger charge is 2.23. The molecule has 1 aliphatic heterocycles. The minimum atomic E-state index is -0.223. The summed E-state index contributed by atoms with van der Waals surface area (Å²) in [6.45, 7) is 4.48. The monoisotopic (exact) mass is 303 g/mol. The van der Waals surface area contributed by atoms with E-state index >= 15 is 0 Å². The molecule has 0 spiro atoms. The van der Waals surface area contributed by atoms with Crippen molar-refractivity contribution in [3.63, 3.8) is 0 Å². The second-order valence-electron chi connectivity index (χ2n) is 5.79. The minimum Gasteiger partial charge on any atom is -0.370 e. The Bertz CT molecular complexity index is 543. The van der Waals surface area contributed by atoms with Crippen molar-refractivity contribution in [3.8, 4) is 0 Å². The largest absolute Gasteiger partial charge is 0.370 e. The van der Waals surface area contributed by atoms with Crippen molar-refractivity contribution in [2.24, 2.45) is 16.6 Å². The number of primary amides is 1. The van der Waals surface area contributed by atoms with Crippen molar-refractivity contribution >= 4 is 11.9 Å². The van der Waals surface area contributed by atoms with Crippen molar-refractivity contribution < 1.29 is 4.79 Å². The second kappa shape index (κ2) is 7.77. The highest BCUT2D eigenvalue weighted by molar-refractivity contribution is 5.80. The van der Waals surface area contributed by atoms with Crippen molar-refractivity contribution in [1.82, 2.24) is 15.2 Å². The number of hydrogen-bond donors (Lipinski definition) is 2. The van der Waals surface area contributed by atoms with Gasteiger partial charge >= 0.3 is 0 Å². The molecule has 0 radical (unpaired) electrons. The fraction of sp³-hybridized carbons (Fsp3) is 0.562. The molecule has 0 aromatic carbocycles. The molecule has 1 fully saturated rings. The van der Waals surface area contributed by atoms with Gasteiger partial charge in [0.1, 0.15) is 0 Å². The zero-order valence-electron chi connectivity index (χ0n) is 13.4. The van der Waals surface area contributed by atoms with E-state index in [0.717, 1.165) is 43.1 Å². The van der Waals surface area contributed by atoms with Gasteiger partial charge in [0, 0.05) is 32.8 Å². The Balaban J connectivity index is 1.94. The molecule has 0 saturated carbocycles. The van der Waals surface area contributed by atoms with Crippen molar-refractivity contribution in [1.29, 1.82) is 0 Å². The van der Waals surface area contributed by atoms with Gasteiger partial charge < -0.3 is 16.0 Å². The highest BCUT2D eigenvalue weighted by Crippen LogP contribution is 2.19. The number of pyridine rings is 1. The lowest BCUT2D eigenvalue weighted by Gasteiger charge is -2.34. The van der Waals surface area contributed by atoms with Crippen LogP contribution in [0, 0.1) is 12.8 Å². The number of carbonyl (C=O) groups is 1. The number of aliphatic imine (C=N–C) groups is 1. The number of guanidine groups is 1. The number of nitrogens with zero attached hydrogens (tertiary/aromatic N) is 3. The number of hydrogen-bond acceptors (Lipinski definition) is 3. The summed E-state index contributed by atoms with van der Waals surface area (Å²) in [5, 5.41) is 3.37. The third kappa shape index (κ3) is 4.44. The molecule has 1 atom stereocenters. The van der Waals surface area contributed by atoms with E-state index in [1.807, 2.05) is 6.07 Å². The summed E-state index contributed by atoms with van der Waals surface area (Å²) < 4.78 is 0. The smallest absolute Gasteiger partial charge is 0.217 e. The second-order valence-corrected chi connectivity index (χ2v) is 5.79. The predicted octanol–water partition coefficient (Wildman–Crippen LogP) is 1.05. The summed E-state index contributed by atoms with van der Waals surface area (Å²) in [4.78, 5) is 22.1. The first kappa shape index (κ1) is 16.3. The van der Waals surface area contributed by atoms with E-state index in [1.165, 1.54) is 0 Å². The van der Waals surface area contributed by atoms with Crippen LogP contribution in [0.1, 0.15) is 30.5 Å². The summed E-state index contributed by atoms with van der Waals surface area (Å²) in [5.74, 6) is 0.958. The predicted molar refractivity (Wildman–Crippen MR) is 87.3 cm³/mol. The Morgan fingerprint density at radius 2 is 2.41 bits per heavy atom. The van der Waals surface area contributed by atoms with Gasteiger partial charge in [-0.25, -0.2) is 0 Å². The Morgan fingerprint density at radius 1 is 1.59 bits per heavy atom. The fourth-order valence-electron chi connectivity index (χ4n) is 2.91. The van der Waals surface area contributed by atoms with E-state index in [9.17, 15) is 4.79 Å². The molecule has 1 aromatic heterocycles. The standard InChI is InChI=1S/C16H25N5O/c1-12-5-3-7-19-14(12)10-20-16(18-2)21-8-4-6-13(11-21)9-15(17)22/h3,5,7,13H,4,6,8-11H2,1-2H3,(H2,17,22)(H,18,20). The van der Waals surface area contributed by atoms with Crippen LogP contribution in [-0.4, -0.2) is 41.9 Å². The lowest BCUT2D eigenvalue weighted by Crippen LogP contribution is -2.47. The molecule has 1 aromatic rings. The third-order valence-electron chi connectivity index (χ3n) is 4.05. The van der Waals surface area contributed by atoms with Crippen LogP contribution in [0.2, 0.25) is 0 Å². The number of likely N-dealkylation sites (tertiary alicyclic amines) is 1. The summed E-state index contributed by atoms with van der Waals surface area (Å²) >= 11 is 0. The molecular formula is C16H25N5O. The van der Waals surface area contributed by atoms with Crippen molar-refractivity contribution in [2.45, 2.75) is 32.7 Å². The van der Waals surface area contributed by atoms with Crippen LogP contribution in [0.15, 0.2) is 23.3 Å². The van der Waals surface area contributed by atoms with E-state index in [4.69, 9.17) is 5.73 Å². The molecule has 1 saturated heterocycles. The van der Waals surface area contributed by atoms with Crippen molar-refractivity contribution in [3.05, 3.63) is 29.6 Å². The molecule has 2 rings (SSSR count). The fourth-order valence-corrected chi connectivity index (χ4v) is 2.91. The summed E-state index contributed by atoms with van der Waals surface area (Å²) in [7, 11) is 1.78. The van der Waals surface area contributed by atoms with Crippen LogP contribution in [0.5, 0.6) is 0 Å². The van der Waals surface area contributed by atoms with E-state index in [1.54, 1.807) is 13.2 Å². The molecule has 120 valence electrons. The van der Waals surface area contributed by atoms with E-state index in [-0.39, 0.29) is 5.91 Å². The number of carbonyl (C=O) groups excluding carboxylic acids is 1. The Hall–Kier alpha value is -2.11. The summed E-state index contributed by atoms with van der Waals surface area (Å²) in [5.41, 5.74) is 7.50. The Morgan fingerprint density at radius 3 is 3.09 bits per heavy atom. The lowest BCUT2D eigenvalue weighted by molar-refractivity contribution is -0.119. The van der Waals surface area contributed by atoms with Crippen LogP contribution in [0.3, 0.4) is 0 Å². The lowest BCUT2D eigenvalue weighted by atomic mass is 9.95. The maximum absolute atomic E-state index is 11.1. The van der Waals surface area contributed by atoms with Gasteiger partial charge in [-0.15, -0.1) is 0 Å². The number of piperidine rings is 1. The molecule has 6 heteroatoms. The first-order valence-electron chi connectivity index (χ1n) is 7.74. The third-order valence-corrected chi connectivity index (χ3v) is 4.05. The number of aryl methyl sites for hydroxylation is 1. The molecular weight excluding hydrogens is 278 g/mol. The van der Waals surface area contributed by atoms with Gasteiger partial charge in [-0.3, -0.25) is 14.8 Å². The van der Waals surface area contributed by atoms with Gasteiger partial charge in [0.25, 0.3) is 0 Å². The van der Waals surface area contributed by atoms with E-state index in [2.05, 4.69) is 33.2 Å². The number of rotatable bonds is 4. The maximum Gasteiger partial charge on any atom is 0.217 e. The molecule has 6 nitrogen and oxygen atoms in total. The first-order chi connectivity index (χ1) is 10.6. The minimum absolute atomic E-state index is 0.223. The van der Waals surface area contributed by atoms with E-state index in [0.29, 0.717) is 18.9 Å². The molecule has 0 aliphatic carbocycles. The molecule has 1 aliphatic rings. The normalized spacial score (nSPS) is 19.1. The zero-order chi connectivity index (χ0) is 15.9. The molecule has 22 heavy (non-hydrogen) atoms. The van der Waals surface area contributed by atoms with Gasteiger partial charge in [0.15, 0.2) is 5.96 Å². The molecule has 1 unspecified atom stereocenters. The van der Waals surface area contributed by atoms with E-state index < -0.39 is 0 Å². The topological polar surface area (TPSA) is 83.6 Å². The van der Waals surface area contributed by atoms with Gasteiger partial charge in [-0.05, 0) is 37.3 Å². The SMILES string of the molecule is CN=C(NCc1ncccc1C)N1CCCC(CC(N)=O)C1. The first-order valence-corrected chi connectivity index (χ1v) is 7.74. The van der Waals surface area contributed by atoms with Gasteiger partial charge in [0.05, 0.1) is 12.2 Å². The van der Waals surface area contributed by atoms with Gasteiger partial charge in [0.2, 0.25) is 5.91 Å². The Labute approximate surface area is 131 Å². The molecule has 3 N–H and O–H groups in total. The van der Waals surface area contributed by atoms with Gasteiger partial charge in [-0.1, -0.05) is 6.07 Å². The van der Waals surface area contributed by atoms with Crippen LogP contribution >= 0.6 is 0 Å². The summed E-state index contributed by atoms with van der Waals surface area (Å²) in [6.07, 6.45) is 4.36. The van der Waals surface area contributed by atoms with Crippen LogP contribution in [0.4, 0.5) is 0 Å². The number of aromatic nitrogens is 1. The molecule has 0 bridgehead atoms. The van der Waals surface area contributed by atoms with Crippen LogP contribution < -0.4 is 11.1 Å². The quantitative estimate of drug-likeness (QED) is 0.643. The Kier molecular flexibility index (Phi) is 5.75. The average molecular weight is 303 g/mol. The average Bonchev–Trinajstić information content (AvgIpc) is 2.49. The molecule has 1 amide bonds. The summed E-state index contributed by atoms with van der Waals surface area (Å²) in [6, 6.07) is 3.99.